The second kappa shape index (κ2) is 7.73. The van der Waals surface area contributed by atoms with Crippen LogP contribution in [0.4, 0.5) is 0 Å². The number of rotatable bonds is 7. The number of benzene rings is 1. The first kappa shape index (κ1) is 16.2. The smallest absolute Gasteiger partial charge is 0.0991 e. The molecule has 0 bridgehead atoms. The maximum atomic E-state index is 10.2. The lowest BCUT2D eigenvalue weighted by Crippen LogP contribution is -2.37. The molecule has 1 aromatic carbocycles. The fraction of sp³-hybridized carbons (Fsp3) is 0.500. The maximum absolute atomic E-state index is 10.2. The standard InChI is InChI=1S/C18H26N4O/c1-15(20-12-18(23)13-21-9-2-3-10-21)16-4-6-17(7-5-16)22-11-8-19-14-22/h4-8,11,14-15,18,20,23H,2-3,9-10,12-13H2,1H3. The zero-order valence-corrected chi connectivity index (χ0v) is 13.7. The summed E-state index contributed by atoms with van der Waals surface area (Å²) in [5.41, 5.74) is 2.33. The molecule has 124 valence electrons. The normalized spacial score (nSPS) is 18.2. The molecular formula is C18H26N4O. The molecule has 2 unspecified atom stereocenters. The highest BCUT2D eigenvalue weighted by Gasteiger charge is 2.16. The first-order valence-electron chi connectivity index (χ1n) is 8.44. The number of imidazole rings is 1. The Hall–Kier alpha value is -1.69. The molecule has 5 nitrogen and oxygen atoms in total. The van der Waals surface area contributed by atoms with Gasteiger partial charge in [-0.05, 0) is 50.6 Å². The average molecular weight is 314 g/mol. The Labute approximate surface area is 138 Å². The molecule has 1 aromatic heterocycles. The van der Waals surface area contributed by atoms with Gasteiger partial charge in [-0.15, -0.1) is 0 Å². The van der Waals surface area contributed by atoms with Crippen LogP contribution in [0.5, 0.6) is 0 Å². The number of hydrogen-bond donors (Lipinski definition) is 2. The van der Waals surface area contributed by atoms with E-state index in [0.717, 1.165) is 25.3 Å². The molecule has 0 radical (unpaired) electrons. The molecule has 1 aliphatic rings. The van der Waals surface area contributed by atoms with E-state index in [1.807, 2.05) is 10.8 Å². The maximum Gasteiger partial charge on any atom is 0.0991 e. The molecule has 0 aliphatic carbocycles. The van der Waals surface area contributed by atoms with Gasteiger partial charge < -0.3 is 19.9 Å². The van der Waals surface area contributed by atoms with E-state index in [0.29, 0.717) is 6.54 Å². The Morgan fingerprint density at radius 3 is 2.61 bits per heavy atom. The SMILES string of the molecule is CC(NCC(O)CN1CCCC1)c1ccc(-n2ccnc2)cc1. The zero-order chi connectivity index (χ0) is 16.1. The van der Waals surface area contributed by atoms with Gasteiger partial charge in [0.2, 0.25) is 0 Å². The molecular weight excluding hydrogens is 288 g/mol. The number of β-amino-alcohol motifs (C(OH)–C–C–N with tert-alkyl or cyclic N) is 1. The lowest BCUT2D eigenvalue weighted by atomic mass is 10.1. The highest BCUT2D eigenvalue weighted by atomic mass is 16.3. The lowest BCUT2D eigenvalue weighted by molar-refractivity contribution is 0.121. The second-order valence-electron chi connectivity index (χ2n) is 6.35. The van der Waals surface area contributed by atoms with E-state index in [1.165, 1.54) is 18.4 Å². The Kier molecular flexibility index (Phi) is 5.43. The number of aliphatic hydroxyl groups excluding tert-OH is 1. The van der Waals surface area contributed by atoms with Crippen LogP contribution in [0.3, 0.4) is 0 Å². The third-order valence-corrected chi connectivity index (χ3v) is 4.52. The topological polar surface area (TPSA) is 53.3 Å². The fourth-order valence-corrected chi connectivity index (χ4v) is 3.11. The van der Waals surface area contributed by atoms with Crippen molar-refractivity contribution >= 4 is 0 Å². The van der Waals surface area contributed by atoms with Crippen molar-refractivity contribution in [3.05, 3.63) is 48.5 Å². The Balaban J connectivity index is 1.48. The summed E-state index contributed by atoms with van der Waals surface area (Å²) in [6.45, 7) is 5.79. The molecule has 23 heavy (non-hydrogen) atoms. The number of aliphatic hydroxyl groups is 1. The first-order chi connectivity index (χ1) is 11.2. The van der Waals surface area contributed by atoms with Crippen molar-refractivity contribution in [3.8, 4) is 5.69 Å². The summed E-state index contributed by atoms with van der Waals surface area (Å²) in [7, 11) is 0. The van der Waals surface area contributed by atoms with Gasteiger partial charge in [-0.25, -0.2) is 4.98 Å². The van der Waals surface area contributed by atoms with Crippen LogP contribution in [0.25, 0.3) is 5.69 Å². The highest BCUT2D eigenvalue weighted by Crippen LogP contribution is 2.16. The number of aromatic nitrogens is 2. The van der Waals surface area contributed by atoms with Crippen molar-refractivity contribution in [2.75, 3.05) is 26.2 Å². The Morgan fingerprint density at radius 2 is 1.96 bits per heavy atom. The van der Waals surface area contributed by atoms with Crippen molar-refractivity contribution in [1.82, 2.24) is 19.8 Å². The van der Waals surface area contributed by atoms with Crippen LogP contribution in [0.2, 0.25) is 0 Å². The molecule has 2 aromatic rings. The lowest BCUT2D eigenvalue weighted by Gasteiger charge is -2.22. The Morgan fingerprint density at radius 1 is 1.22 bits per heavy atom. The summed E-state index contributed by atoms with van der Waals surface area (Å²) in [4.78, 5) is 6.41. The molecule has 5 heteroatoms. The summed E-state index contributed by atoms with van der Waals surface area (Å²) in [5, 5.41) is 13.6. The minimum absolute atomic E-state index is 0.222. The molecule has 1 fully saturated rings. The van der Waals surface area contributed by atoms with Crippen molar-refractivity contribution in [2.45, 2.75) is 31.9 Å². The van der Waals surface area contributed by atoms with Gasteiger partial charge in [0.05, 0.1) is 12.4 Å². The van der Waals surface area contributed by atoms with Crippen LogP contribution in [0.15, 0.2) is 43.0 Å². The van der Waals surface area contributed by atoms with E-state index in [1.54, 1.807) is 12.5 Å². The number of hydrogen-bond acceptors (Lipinski definition) is 4. The van der Waals surface area contributed by atoms with Crippen molar-refractivity contribution in [2.24, 2.45) is 0 Å². The Bertz CT molecular complexity index is 576. The number of nitrogens with one attached hydrogen (secondary N) is 1. The van der Waals surface area contributed by atoms with Gasteiger partial charge in [0.25, 0.3) is 0 Å². The minimum Gasteiger partial charge on any atom is -0.390 e. The molecule has 1 saturated heterocycles. The van der Waals surface area contributed by atoms with Crippen molar-refractivity contribution in [3.63, 3.8) is 0 Å². The molecule has 2 atom stereocenters. The third kappa shape index (κ3) is 4.41. The summed E-state index contributed by atoms with van der Waals surface area (Å²) >= 11 is 0. The quantitative estimate of drug-likeness (QED) is 0.820. The van der Waals surface area contributed by atoms with Gasteiger partial charge in [0.1, 0.15) is 0 Å². The van der Waals surface area contributed by atoms with Crippen LogP contribution >= 0.6 is 0 Å². The minimum atomic E-state index is -0.305. The molecule has 2 heterocycles. The van der Waals surface area contributed by atoms with Crippen LogP contribution in [-0.2, 0) is 0 Å². The second-order valence-corrected chi connectivity index (χ2v) is 6.35. The van der Waals surface area contributed by atoms with Crippen LogP contribution in [-0.4, -0.2) is 51.8 Å². The largest absolute Gasteiger partial charge is 0.390 e. The number of nitrogens with zero attached hydrogens (tertiary/aromatic N) is 3. The zero-order valence-electron chi connectivity index (χ0n) is 13.7. The van der Waals surface area contributed by atoms with E-state index in [2.05, 4.69) is 46.4 Å². The summed E-state index contributed by atoms with van der Waals surface area (Å²) < 4.78 is 1.99. The summed E-state index contributed by atoms with van der Waals surface area (Å²) in [5.74, 6) is 0. The molecule has 3 rings (SSSR count). The van der Waals surface area contributed by atoms with E-state index < -0.39 is 0 Å². The molecule has 2 N–H and O–H groups in total. The van der Waals surface area contributed by atoms with Crippen LogP contribution in [0, 0.1) is 0 Å². The first-order valence-corrected chi connectivity index (χ1v) is 8.44. The van der Waals surface area contributed by atoms with Gasteiger partial charge in [-0.1, -0.05) is 12.1 Å². The van der Waals surface area contributed by atoms with E-state index in [9.17, 15) is 5.11 Å². The molecule has 0 spiro atoms. The van der Waals surface area contributed by atoms with E-state index >= 15 is 0 Å². The highest BCUT2D eigenvalue weighted by molar-refractivity contribution is 5.35. The van der Waals surface area contributed by atoms with Crippen LogP contribution in [0.1, 0.15) is 31.4 Å². The average Bonchev–Trinajstić information content (AvgIpc) is 3.26. The molecule has 0 saturated carbocycles. The monoisotopic (exact) mass is 314 g/mol. The fourth-order valence-electron chi connectivity index (χ4n) is 3.11. The number of likely N-dealkylation sites (tertiary alicyclic amines) is 1. The van der Waals surface area contributed by atoms with Crippen LogP contribution < -0.4 is 5.32 Å². The third-order valence-electron chi connectivity index (χ3n) is 4.52. The summed E-state index contributed by atoms with van der Waals surface area (Å²) in [6.07, 6.45) is 7.73. The van der Waals surface area contributed by atoms with Crippen molar-refractivity contribution in [1.29, 1.82) is 0 Å². The molecule has 1 aliphatic heterocycles. The molecule has 0 amide bonds. The van der Waals surface area contributed by atoms with Gasteiger partial charge in [-0.2, -0.15) is 0 Å². The van der Waals surface area contributed by atoms with Gasteiger partial charge in [0, 0.05) is 37.2 Å². The van der Waals surface area contributed by atoms with E-state index in [4.69, 9.17) is 0 Å². The van der Waals surface area contributed by atoms with E-state index in [-0.39, 0.29) is 12.1 Å². The summed E-state index contributed by atoms with van der Waals surface area (Å²) in [6, 6.07) is 8.66. The van der Waals surface area contributed by atoms with Gasteiger partial charge >= 0.3 is 0 Å². The predicted molar refractivity (Wildman–Crippen MR) is 91.7 cm³/mol. The van der Waals surface area contributed by atoms with Gasteiger partial charge in [0.15, 0.2) is 0 Å². The predicted octanol–water partition coefficient (Wildman–Crippen LogP) is 1.98. The van der Waals surface area contributed by atoms with Gasteiger partial charge in [-0.3, -0.25) is 0 Å². The van der Waals surface area contributed by atoms with Crippen molar-refractivity contribution < 1.29 is 5.11 Å².